The smallest absolute Gasteiger partial charge is 0.242 e. The third-order valence-corrected chi connectivity index (χ3v) is 5.67. The number of nitrogens with one attached hydrogen (secondary N) is 2. The first-order chi connectivity index (χ1) is 12.8. The Morgan fingerprint density at radius 2 is 1.57 bits per heavy atom. The number of guanidine groups is 1. The highest BCUT2D eigenvalue weighted by atomic mass is 127. The van der Waals surface area contributed by atoms with Gasteiger partial charge in [-0.05, 0) is 42.3 Å². The highest BCUT2D eigenvalue weighted by Gasteiger charge is 2.16. The third kappa shape index (κ3) is 7.02. The molecule has 0 unspecified atom stereocenters. The van der Waals surface area contributed by atoms with Gasteiger partial charge in [-0.15, -0.1) is 24.0 Å². The molecule has 0 spiro atoms. The molecule has 0 saturated heterocycles. The third-order valence-electron chi connectivity index (χ3n) is 3.84. The summed E-state index contributed by atoms with van der Waals surface area (Å²) in [6.45, 7) is 3.60. The maximum absolute atomic E-state index is 13.0. The Morgan fingerprint density at radius 3 is 2.11 bits per heavy atom. The highest BCUT2D eigenvalue weighted by Crippen LogP contribution is 2.14. The van der Waals surface area contributed by atoms with E-state index in [0.717, 1.165) is 11.1 Å². The van der Waals surface area contributed by atoms with Gasteiger partial charge in [-0.3, -0.25) is 0 Å². The normalized spacial score (nSPS) is 11.8. The fourth-order valence-corrected chi connectivity index (χ4v) is 3.18. The van der Waals surface area contributed by atoms with Crippen LogP contribution in [0.2, 0.25) is 0 Å². The molecule has 0 aliphatic carbocycles. The van der Waals surface area contributed by atoms with E-state index in [4.69, 9.17) is 0 Å². The van der Waals surface area contributed by atoms with Gasteiger partial charge in [-0.2, -0.15) is 0 Å². The molecule has 0 aliphatic rings. The van der Waals surface area contributed by atoms with Crippen LogP contribution in [0.4, 0.5) is 4.39 Å². The SMILES string of the molecule is CCNC(=NCc1ccc(S(=O)(=O)N(C)C)cc1)NCc1ccc(F)cc1.I. The van der Waals surface area contributed by atoms with Crippen LogP contribution in [0.3, 0.4) is 0 Å². The Balaban J connectivity index is 0.00000392. The quantitative estimate of drug-likeness (QED) is 0.335. The lowest BCUT2D eigenvalue weighted by molar-refractivity contribution is 0.520. The predicted octanol–water partition coefficient (Wildman–Crippen LogP) is 2.95. The van der Waals surface area contributed by atoms with E-state index >= 15 is 0 Å². The first-order valence-corrected chi connectivity index (χ1v) is 10.0. The van der Waals surface area contributed by atoms with Crippen molar-refractivity contribution >= 4 is 40.0 Å². The monoisotopic (exact) mass is 520 g/mol. The number of halogens is 2. The van der Waals surface area contributed by atoms with Crippen molar-refractivity contribution in [2.24, 2.45) is 4.99 Å². The Kier molecular flexibility index (Phi) is 9.83. The Hall–Kier alpha value is -1.72. The van der Waals surface area contributed by atoms with Crippen LogP contribution in [0.1, 0.15) is 18.1 Å². The lowest BCUT2D eigenvalue weighted by Gasteiger charge is -2.12. The number of hydrogen-bond donors (Lipinski definition) is 2. The van der Waals surface area contributed by atoms with Crippen LogP contribution in [0.5, 0.6) is 0 Å². The van der Waals surface area contributed by atoms with Crippen LogP contribution < -0.4 is 10.6 Å². The molecule has 0 amide bonds. The lowest BCUT2D eigenvalue weighted by Crippen LogP contribution is -2.36. The largest absolute Gasteiger partial charge is 0.357 e. The molecule has 0 heterocycles. The number of rotatable bonds is 7. The fourth-order valence-electron chi connectivity index (χ4n) is 2.28. The van der Waals surface area contributed by atoms with Crippen molar-refractivity contribution in [3.05, 3.63) is 65.5 Å². The van der Waals surface area contributed by atoms with E-state index in [9.17, 15) is 12.8 Å². The summed E-state index contributed by atoms with van der Waals surface area (Å²) in [5, 5.41) is 6.34. The molecule has 28 heavy (non-hydrogen) atoms. The zero-order chi connectivity index (χ0) is 19.9. The second-order valence-corrected chi connectivity index (χ2v) is 8.26. The molecular weight excluding hydrogens is 494 g/mol. The molecule has 2 N–H and O–H groups in total. The van der Waals surface area contributed by atoms with Crippen molar-refractivity contribution in [2.75, 3.05) is 20.6 Å². The predicted molar refractivity (Wildman–Crippen MR) is 121 cm³/mol. The molecule has 2 aromatic carbocycles. The Morgan fingerprint density at radius 1 is 1.00 bits per heavy atom. The maximum Gasteiger partial charge on any atom is 0.242 e. The molecule has 0 fully saturated rings. The average Bonchev–Trinajstić information content (AvgIpc) is 2.65. The number of benzene rings is 2. The van der Waals surface area contributed by atoms with Crippen LogP contribution in [-0.2, 0) is 23.1 Å². The minimum Gasteiger partial charge on any atom is -0.357 e. The summed E-state index contributed by atoms with van der Waals surface area (Å²) in [7, 11) is -0.424. The maximum atomic E-state index is 13.0. The summed E-state index contributed by atoms with van der Waals surface area (Å²) in [6.07, 6.45) is 0. The molecule has 2 rings (SSSR count). The molecule has 0 aromatic heterocycles. The van der Waals surface area contributed by atoms with Gasteiger partial charge in [0.05, 0.1) is 11.4 Å². The number of nitrogens with zero attached hydrogens (tertiary/aromatic N) is 2. The van der Waals surface area contributed by atoms with Gasteiger partial charge in [0.1, 0.15) is 5.82 Å². The van der Waals surface area contributed by atoms with Gasteiger partial charge in [-0.25, -0.2) is 22.1 Å². The molecule has 0 atom stereocenters. The minimum absolute atomic E-state index is 0. The van der Waals surface area contributed by atoms with Gasteiger partial charge >= 0.3 is 0 Å². The molecule has 0 saturated carbocycles. The average molecular weight is 520 g/mol. The second-order valence-electron chi connectivity index (χ2n) is 6.11. The van der Waals surface area contributed by atoms with Crippen molar-refractivity contribution in [3.8, 4) is 0 Å². The number of aliphatic imine (C=N–C) groups is 1. The van der Waals surface area contributed by atoms with Crippen LogP contribution in [0.15, 0.2) is 58.4 Å². The van der Waals surface area contributed by atoms with E-state index in [1.165, 1.54) is 30.5 Å². The standard InChI is InChI=1S/C19H25FN4O2S.HI/c1-4-21-19(22-13-15-5-9-17(20)10-6-15)23-14-16-7-11-18(12-8-16)27(25,26)24(2)3;/h5-12H,4,13-14H2,1-3H3,(H2,21,22,23);1H. The van der Waals surface area contributed by atoms with Crippen molar-refractivity contribution in [1.82, 2.24) is 14.9 Å². The second kappa shape index (κ2) is 11.3. The van der Waals surface area contributed by atoms with Crippen LogP contribution in [0, 0.1) is 5.82 Å². The van der Waals surface area contributed by atoms with Crippen LogP contribution in [0.25, 0.3) is 0 Å². The Labute approximate surface area is 183 Å². The van der Waals surface area contributed by atoms with E-state index in [1.54, 1.807) is 36.4 Å². The molecule has 0 aliphatic heterocycles. The summed E-state index contributed by atoms with van der Waals surface area (Å²) in [4.78, 5) is 4.76. The molecule has 6 nitrogen and oxygen atoms in total. The van der Waals surface area contributed by atoms with Gasteiger partial charge < -0.3 is 10.6 Å². The summed E-state index contributed by atoms with van der Waals surface area (Å²) in [6, 6.07) is 12.9. The molecule has 2 aromatic rings. The summed E-state index contributed by atoms with van der Waals surface area (Å²) < 4.78 is 38.3. The summed E-state index contributed by atoms with van der Waals surface area (Å²) in [5.41, 5.74) is 1.84. The number of sulfonamides is 1. The van der Waals surface area contributed by atoms with Crippen molar-refractivity contribution in [1.29, 1.82) is 0 Å². The zero-order valence-corrected chi connectivity index (χ0v) is 19.3. The Bertz CT molecular complexity index is 870. The van der Waals surface area contributed by atoms with E-state index in [0.29, 0.717) is 25.6 Å². The van der Waals surface area contributed by atoms with Gasteiger partial charge in [0, 0.05) is 27.2 Å². The van der Waals surface area contributed by atoms with E-state index in [1.807, 2.05) is 6.92 Å². The van der Waals surface area contributed by atoms with Gasteiger partial charge in [0.15, 0.2) is 5.96 Å². The van der Waals surface area contributed by atoms with Gasteiger partial charge in [0.25, 0.3) is 0 Å². The van der Waals surface area contributed by atoms with E-state index < -0.39 is 10.0 Å². The minimum atomic E-state index is -3.43. The molecule has 0 radical (unpaired) electrons. The highest BCUT2D eigenvalue weighted by molar-refractivity contribution is 14.0. The van der Waals surface area contributed by atoms with Crippen molar-refractivity contribution in [3.63, 3.8) is 0 Å². The van der Waals surface area contributed by atoms with Gasteiger partial charge in [0.2, 0.25) is 10.0 Å². The first kappa shape index (κ1) is 24.3. The molecule has 0 bridgehead atoms. The first-order valence-electron chi connectivity index (χ1n) is 8.61. The van der Waals surface area contributed by atoms with E-state index in [2.05, 4.69) is 15.6 Å². The number of hydrogen-bond acceptors (Lipinski definition) is 3. The molecule has 9 heteroatoms. The summed E-state index contributed by atoms with van der Waals surface area (Å²) in [5.74, 6) is 0.367. The van der Waals surface area contributed by atoms with Crippen molar-refractivity contribution in [2.45, 2.75) is 24.9 Å². The lowest BCUT2D eigenvalue weighted by atomic mass is 10.2. The van der Waals surface area contributed by atoms with Gasteiger partial charge in [-0.1, -0.05) is 24.3 Å². The summed E-state index contributed by atoms with van der Waals surface area (Å²) >= 11 is 0. The zero-order valence-electron chi connectivity index (χ0n) is 16.1. The van der Waals surface area contributed by atoms with E-state index in [-0.39, 0.29) is 34.7 Å². The fraction of sp³-hybridized carbons (Fsp3) is 0.316. The molecular formula is C19H26FIN4O2S. The van der Waals surface area contributed by atoms with Crippen LogP contribution >= 0.6 is 24.0 Å². The van der Waals surface area contributed by atoms with Crippen molar-refractivity contribution < 1.29 is 12.8 Å². The topological polar surface area (TPSA) is 73.8 Å². The van der Waals surface area contributed by atoms with Crippen LogP contribution in [-0.4, -0.2) is 39.3 Å². The molecule has 154 valence electrons.